The Hall–Kier alpha value is -0.810. The maximum atomic E-state index is 11.9. The van der Waals surface area contributed by atoms with E-state index in [0.717, 1.165) is 6.07 Å². The van der Waals surface area contributed by atoms with Crippen molar-refractivity contribution in [3.8, 4) is 0 Å². The molecule has 7 heteroatoms. The Kier molecular flexibility index (Phi) is 3.11. The summed E-state index contributed by atoms with van der Waals surface area (Å²) in [5.41, 5.74) is -0.420. The van der Waals surface area contributed by atoms with E-state index in [2.05, 4.69) is 10.2 Å². The van der Waals surface area contributed by atoms with Gasteiger partial charge in [0.05, 0.1) is 5.56 Å². The first-order valence-corrected chi connectivity index (χ1v) is 3.79. The molecule has 1 heterocycles. The average molecular weight is 227 g/mol. The van der Waals surface area contributed by atoms with Gasteiger partial charge in [-0.25, -0.2) is 8.78 Å². The van der Waals surface area contributed by atoms with Crippen LogP contribution in [0.25, 0.3) is 0 Å². The molecule has 1 aromatic heterocycles. The number of Topliss-reactive ketones (excluding diaryl/α,β-unsaturated/α-hetero) is 1. The standard InChI is InChI=1S/C6H2Cl2F2N2O/c7-3-1-2(4(13)6(9)10)5(8)12-11-3/h1,6H. The molecule has 0 aliphatic carbocycles. The van der Waals surface area contributed by atoms with E-state index in [1.165, 1.54) is 0 Å². The van der Waals surface area contributed by atoms with Crippen molar-refractivity contribution in [2.75, 3.05) is 0 Å². The Bertz CT molecular complexity index is 345. The zero-order valence-corrected chi connectivity index (χ0v) is 7.48. The molecule has 0 amide bonds. The van der Waals surface area contributed by atoms with Crippen LogP contribution in [0.3, 0.4) is 0 Å². The minimum Gasteiger partial charge on any atom is -0.288 e. The fourth-order valence-electron chi connectivity index (χ4n) is 0.643. The van der Waals surface area contributed by atoms with E-state index in [-0.39, 0.29) is 10.3 Å². The van der Waals surface area contributed by atoms with Crippen molar-refractivity contribution in [1.29, 1.82) is 0 Å². The van der Waals surface area contributed by atoms with E-state index in [1.807, 2.05) is 0 Å². The number of rotatable bonds is 2. The topological polar surface area (TPSA) is 42.9 Å². The fourth-order valence-corrected chi connectivity index (χ4v) is 0.976. The number of hydrogen-bond donors (Lipinski definition) is 0. The van der Waals surface area contributed by atoms with Gasteiger partial charge in [0.25, 0.3) is 0 Å². The second-order valence-corrected chi connectivity index (χ2v) is 2.78. The Morgan fingerprint density at radius 3 is 2.54 bits per heavy atom. The summed E-state index contributed by atoms with van der Waals surface area (Å²) in [7, 11) is 0. The van der Waals surface area contributed by atoms with Gasteiger partial charge in [0, 0.05) is 0 Å². The van der Waals surface area contributed by atoms with E-state index >= 15 is 0 Å². The van der Waals surface area contributed by atoms with Crippen molar-refractivity contribution in [3.63, 3.8) is 0 Å². The van der Waals surface area contributed by atoms with E-state index in [0.29, 0.717) is 0 Å². The number of halogens is 4. The molecule has 0 unspecified atom stereocenters. The first-order chi connectivity index (χ1) is 6.02. The molecule has 0 aliphatic heterocycles. The maximum Gasteiger partial charge on any atom is 0.300 e. The maximum absolute atomic E-state index is 11.9. The van der Waals surface area contributed by atoms with Crippen molar-refractivity contribution >= 4 is 29.0 Å². The molecule has 0 aromatic carbocycles. The van der Waals surface area contributed by atoms with Gasteiger partial charge in [0.1, 0.15) is 0 Å². The summed E-state index contributed by atoms with van der Waals surface area (Å²) in [6, 6.07) is 0.950. The van der Waals surface area contributed by atoms with Gasteiger partial charge in [0.15, 0.2) is 10.3 Å². The van der Waals surface area contributed by atoms with Crippen LogP contribution in [0.15, 0.2) is 6.07 Å². The summed E-state index contributed by atoms with van der Waals surface area (Å²) in [5.74, 6) is -1.41. The highest BCUT2D eigenvalue weighted by molar-refractivity contribution is 6.34. The Balaban J connectivity index is 3.13. The largest absolute Gasteiger partial charge is 0.300 e. The molecule has 0 radical (unpaired) electrons. The van der Waals surface area contributed by atoms with E-state index in [4.69, 9.17) is 23.2 Å². The van der Waals surface area contributed by atoms with Crippen molar-refractivity contribution < 1.29 is 13.6 Å². The number of nitrogens with zero attached hydrogens (tertiary/aromatic N) is 2. The summed E-state index contributed by atoms with van der Waals surface area (Å²) in [4.78, 5) is 10.8. The monoisotopic (exact) mass is 226 g/mol. The van der Waals surface area contributed by atoms with Gasteiger partial charge in [-0.05, 0) is 6.07 Å². The van der Waals surface area contributed by atoms with Gasteiger partial charge < -0.3 is 0 Å². The Labute approximate surface area is 81.7 Å². The minimum atomic E-state index is -3.13. The van der Waals surface area contributed by atoms with Gasteiger partial charge in [0.2, 0.25) is 5.78 Å². The van der Waals surface area contributed by atoms with E-state index in [9.17, 15) is 13.6 Å². The fraction of sp³-hybridized carbons (Fsp3) is 0.167. The summed E-state index contributed by atoms with van der Waals surface area (Å²) < 4.78 is 23.9. The second kappa shape index (κ2) is 3.93. The molecule has 3 nitrogen and oxygen atoms in total. The number of carbonyl (C=O) groups excluding carboxylic acids is 1. The Morgan fingerprint density at radius 1 is 1.38 bits per heavy atom. The average Bonchev–Trinajstić information content (AvgIpc) is 2.08. The van der Waals surface area contributed by atoms with Crippen LogP contribution in [-0.4, -0.2) is 22.4 Å². The summed E-state index contributed by atoms with van der Waals surface area (Å²) in [6.07, 6.45) is -3.13. The zero-order valence-electron chi connectivity index (χ0n) is 5.97. The van der Waals surface area contributed by atoms with Crippen LogP contribution < -0.4 is 0 Å². The molecule has 0 saturated carbocycles. The molecule has 0 aliphatic rings. The first-order valence-electron chi connectivity index (χ1n) is 3.03. The van der Waals surface area contributed by atoms with Crippen LogP contribution in [0.4, 0.5) is 8.78 Å². The smallest absolute Gasteiger partial charge is 0.288 e. The summed E-state index contributed by atoms with van der Waals surface area (Å²) in [6.45, 7) is 0. The predicted molar refractivity (Wildman–Crippen MR) is 42.4 cm³/mol. The molecular weight excluding hydrogens is 225 g/mol. The number of ketones is 1. The van der Waals surface area contributed by atoms with Crippen LogP contribution in [0.5, 0.6) is 0 Å². The third kappa shape index (κ3) is 2.32. The number of aromatic nitrogens is 2. The van der Waals surface area contributed by atoms with E-state index < -0.39 is 17.8 Å². The van der Waals surface area contributed by atoms with Crippen LogP contribution >= 0.6 is 23.2 Å². The number of carbonyl (C=O) groups is 1. The van der Waals surface area contributed by atoms with Gasteiger partial charge in [-0.3, -0.25) is 4.79 Å². The molecule has 0 spiro atoms. The molecular formula is C6H2Cl2F2N2O. The SMILES string of the molecule is O=C(c1cc(Cl)nnc1Cl)C(F)F. The number of hydrogen-bond acceptors (Lipinski definition) is 3. The van der Waals surface area contributed by atoms with Crippen LogP contribution in [0, 0.1) is 0 Å². The molecule has 0 saturated heterocycles. The summed E-state index contributed by atoms with van der Waals surface area (Å²) in [5, 5.41) is 5.94. The minimum absolute atomic E-state index is 0.159. The van der Waals surface area contributed by atoms with Crippen LogP contribution in [-0.2, 0) is 0 Å². The van der Waals surface area contributed by atoms with Crippen molar-refractivity contribution in [2.24, 2.45) is 0 Å². The highest BCUT2D eigenvalue weighted by Crippen LogP contribution is 2.18. The first kappa shape index (κ1) is 10.3. The lowest BCUT2D eigenvalue weighted by atomic mass is 10.2. The van der Waals surface area contributed by atoms with Crippen LogP contribution in [0.1, 0.15) is 10.4 Å². The number of alkyl halides is 2. The molecule has 0 bridgehead atoms. The molecule has 1 aromatic rings. The third-order valence-electron chi connectivity index (χ3n) is 1.18. The highest BCUT2D eigenvalue weighted by atomic mass is 35.5. The molecule has 13 heavy (non-hydrogen) atoms. The Morgan fingerprint density at radius 2 is 2.00 bits per heavy atom. The van der Waals surface area contributed by atoms with Crippen molar-refractivity contribution in [2.45, 2.75) is 6.43 Å². The quantitative estimate of drug-likeness (QED) is 0.727. The molecule has 1 rings (SSSR count). The van der Waals surface area contributed by atoms with Gasteiger partial charge >= 0.3 is 6.43 Å². The van der Waals surface area contributed by atoms with Crippen molar-refractivity contribution in [3.05, 3.63) is 21.9 Å². The molecule has 0 fully saturated rings. The zero-order chi connectivity index (χ0) is 10.0. The highest BCUT2D eigenvalue weighted by Gasteiger charge is 2.21. The van der Waals surface area contributed by atoms with Gasteiger partial charge in [-0.2, -0.15) is 0 Å². The lowest BCUT2D eigenvalue weighted by molar-refractivity contribution is 0.0678. The van der Waals surface area contributed by atoms with Crippen LogP contribution in [0.2, 0.25) is 10.3 Å². The summed E-state index contributed by atoms with van der Waals surface area (Å²) >= 11 is 10.7. The molecule has 0 N–H and O–H groups in total. The lowest BCUT2D eigenvalue weighted by Gasteiger charge is -2.00. The lowest BCUT2D eigenvalue weighted by Crippen LogP contribution is -2.11. The second-order valence-electron chi connectivity index (χ2n) is 2.04. The van der Waals surface area contributed by atoms with Gasteiger partial charge in [-0.15, -0.1) is 10.2 Å². The van der Waals surface area contributed by atoms with Gasteiger partial charge in [-0.1, -0.05) is 23.2 Å². The molecule has 0 atom stereocenters. The normalized spacial score (nSPS) is 10.5. The van der Waals surface area contributed by atoms with Crippen molar-refractivity contribution in [1.82, 2.24) is 10.2 Å². The van der Waals surface area contributed by atoms with E-state index in [1.54, 1.807) is 0 Å². The third-order valence-corrected chi connectivity index (χ3v) is 1.65. The predicted octanol–water partition coefficient (Wildman–Crippen LogP) is 2.23. The molecule has 70 valence electrons.